The van der Waals surface area contributed by atoms with E-state index in [9.17, 15) is 4.79 Å². The Bertz CT molecular complexity index is 654. The van der Waals surface area contributed by atoms with Crippen LogP contribution in [0.15, 0.2) is 17.6 Å². The lowest BCUT2D eigenvalue weighted by atomic mass is 10.0. The van der Waals surface area contributed by atoms with Crippen LogP contribution in [0, 0.1) is 0 Å². The van der Waals surface area contributed by atoms with Gasteiger partial charge >= 0.3 is 0 Å². The van der Waals surface area contributed by atoms with Crippen molar-refractivity contribution in [3.05, 3.63) is 33.8 Å². The molecule has 112 valence electrons. The highest BCUT2D eigenvalue weighted by atomic mass is 32.1. The number of hydrogen-bond acceptors (Lipinski definition) is 5. The molecule has 0 bridgehead atoms. The van der Waals surface area contributed by atoms with Crippen molar-refractivity contribution in [2.75, 3.05) is 6.54 Å². The first-order valence-corrected chi connectivity index (χ1v) is 7.84. The van der Waals surface area contributed by atoms with E-state index in [0.717, 1.165) is 13.0 Å². The summed E-state index contributed by atoms with van der Waals surface area (Å²) in [5, 5.41) is 10.1. The fraction of sp³-hybridized carbons (Fsp3) is 0.500. The Kier molecular flexibility index (Phi) is 3.54. The van der Waals surface area contributed by atoms with Gasteiger partial charge in [-0.25, -0.2) is 4.68 Å². The van der Waals surface area contributed by atoms with Gasteiger partial charge in [-0.2, -0.15) is 0 Å². The van der Waals surface area contributed by atoms with Crippen LogP contribution in [0.3, 0.4) is 0 Å². The van der Waals surface area contributed by atoms with Gasteiger partial charge in [0.05, 0.1) is 11.7 Å². The van der Waals surface area contributed by atoms with E-state index in [4.69, 9.17) is 5.73 Å². The third kappa shape index (κ3) is 2.98. The fourth-order valence-corrected chi connectivity index (χ4v) is 3.26. The van der Waals surface area contributed by atoms with E-state index >= 15 is 0 Å². The van der Waals surface area contributed by atoms with Crippen LogP contribution in [-0.4, -0.2) is 32.3 Å². The van der Waals surface area contributed by atoms with Crippen LogP contribution in [0.1, 0.15) is 30.0 Å². The van der Waals surface area contributed by atoms with Crippen molar-refractivity contribution < 1.29 is 4.79 Å². The molecule has 0 radical (unpaired) electrons. The molecule has 0 saturated carbocycles. The summed E-state index contributed by atoms with van der Waals surface area (Å²) in [7, 11) is 0. The monoisotopic (exact) mass is 305 g/mol. The molecule has 0 atom stereocenters. The molecule has 2 aromatic heterocycles. The predicted molar refractivity (Wildman–Crippen MR) is 80.7 cm³/mol. The number of hydrogen-bond donors (Lipinski definition) is 1. The van der Waals surface area contributed by atoms with Crippen molar-refractivity contribution in [3.8, 4) is 0 Å². The first-order valence-electron chi connectivity index (χ1n) is 6.96. The molecule has 0 unspecified atom stereocenters. The molecule has 0 aliphatic carbocycles. The van der Waals surface area contributed by atoms with Crippen molar-refractivity contribution in [1.29, 1.82) is 0 Å². The molecule has 2 aromatic rings. The van der Waals surface area contributed by atoms with E-state index < -0.39 is 5.54 Å². The van der Waals surface area contributed by atoms with Crippen LogP contribution < -0.4 is 5.73 Å². The van der Waals surface area contributed by atoms with Crippen LogP contribution in [-0.2, 0) is 29.8 Å². The first kappa shape index (κ1) is 14.2. The van der Waals surface area contributed by atoms with Crippen molar-refractivity contribution in [2.45, 2.75) is 38.9 Å². The van der Waals surface area contributed by atoms with E-state index in [1.54, 1.807) is 22.2 Å². The minimum absolute atomic E-state index is 0.0677. The van der Waals surface area contributed by atoms with Gasteiger partial charge in [0.1, 0.15) is 12.2 Å². The van der Waals surface area contributed by atoms with Gasteiger partial charge < -0.3 is 10.6 Å². The average molecular weight is 305 g/mol. The minimum atomic E-state index is -0.544. The van der Waals surface area contributed by atoms with Crippen molar-refractivity contribution in [2.24, 2.45) is 5.73 Å². The molecule has 3 heterocycles. The Balaban J connectivity index is 1.66. The normalized spacial score (nSPS) is 15.1. The van der Waals surface area contributed by atoms with Crippen LogP contribution in [0.2, 0.25) is 0 Å². The third-order valence-corrected chi connectivity index (χ3v) is 4.68. The largest absolute Gasteiger partial charge is 0.336 e. The maximum Gasteiger partial charge on any atom is 0.244 e. The average Bonchev–Trinajstić information content (AvgIpc) is 3.04. The summed E-state index contributed by atoms with van der Waals surface area (Å²) in [5.41, 5.74) is 7.39. The summed E-state index contributed by atoms with van der Waals surface area (Å²) in [4.78, 5) is 15.6. The highest BCUT2D eigenvalue weighted by molar-refractivity contribution is 7.10. The lowest BCUT2D eigenvalue weighted by Crippen LogP contribution is -2.37. The number of nitrogens with two attached hydrogens (primary N) is 1. The summed E-state index contributed by atoms with van der Waals surface area (Å²) in [6.45, 7) is 5.41. The summed E-state index contributed by atoms with van der Waals surface area (Å²) in [6, 6.07) is 2.10. The molecule has 3 rings (SSSR count). The van der Waals surface area contributed by atoms with Crippen LogP contribution in [0.25, 0.3) is 0 Å². The summed E-state index contributed by atoms with van der Waals surface area (Å²) >= 11 is 1.77. The summed E-state index contributed by atoms with van der Waals surface area (Å²) in [6.07, 6.45) is 2.69. The zero-order valence-corrected chi connectivity index (χ0v) is 13.1. The van der Waals surface area contributed by atoms with Gasteiger partial charge in [0.2, 0.25) is 5.91 Å². The van der Waals surface area contributed by atoms with E-state index in [1.807, 2.05) is 18.7 Å². The molecule has 1 aliphatic heterocycles. The molecule has 0 fully saturated rings. The van der Waals surface area contributed by atoms with E-state index in [1.165, 1.54) is 10.4 Å². The predicted octanol–water partition coefficient (Wildman–Crippen LogP) is 1.12. The molecule has 1 aliphatic rings. The molecule has 0 aromatic carbocycles. The fourth-order valence-electron chi connectivity index (χ4n) is 2.37. The van der Waals surface area contributed by atoms with Gasteiger partial charge in [-0.3, -0.25) is 4.79 Å². The standard InChI is InChI=1S/C14H19N5OS/c1-14(2,15)12-8-19(17-16-12)9-13(20)18-5-3-11-10(7-18)4-6-21-11/h4,6,8H,3,5,7,9,15H2,1-2H3. The van der Waals surface area contributed by atoms with Crippen molar-refractivity contribution >= 4 is 17.2 Å². The van der Waals surface area contributed by atoms with Crippen molar-refractivity contribution in [1.82, 2.24) is 19.9 Å². The third-order valence-electron chi connectivity index (χ3n) is 3.66. The van der Waals surface area contributed by atoms with Crippen LogP contribution >= 0.6 is 11.3 Å². The lowest BCUT2D eigenvalue weighted by Gasteiger charge is -2.26. The van der Waals surface area contributed by atoms with E-state index in [-0.39, 0.29) is 12.5 Å². The SMILES string of the molecule is CC(C)(N)c1cn(CC(=O)N2CCc3sccc3C2)nn1. The Morgan fingerprint density at radius 2 is 2.33 bits per heavy atom. The second kappa shape index (κ2) is 5.23. The number of nitrogens with zero attached hydrogens (tertiary/aromatic N) is 4. The summed E-state index contributed by atoms with van der Waals surface area (Å²) < 4.78 is 1.56. The Morgan fingerprint density at radius 3 is 3.05 bits per heavy atom. The molecular weight excluding hydrogens is 286 g/mol. The zero-order valence-electron chi connectivity index (χ0n) is 12.2. The highest BCUT2D eigenvalue weighted by Gasteiger charge is 2.23. The topological polar surface area (TPSA) is 77.0 Å². The molecule has 1 amide bonds. The second-order valence-electron chi connectivity index (χ2n) is 5.96. The van der Waals surface area contributed by atoms with Crippen LogP contribution in [0.4, 0.5) is 0 Å². The Labute approximate surface area is 127 Å². The first-order chi connectivity index (χ1) is 9.93. The van der Waals surface area contributed by atoms with Crippen molar-refractivity contribution in [3.63, 3.8) is 0 Å². The Morgan fingerprint density at radius 1 is 1.52 bits per heavy atom. The Hall–Kier alpha value is -1.73. The highest BCUT2D eigenvalue weighted by Crippen LogP contribution is 2.24. The van der Waals surface area contributed by atoms with Gasteiger partial charge in [-0.1, -0.05) is 5.21 Å². The zero-order chi connectivity index (χ0) is 15.0. The molecule has 0 saturated heterocycles. The van der Waals surface area contributed by atoms with Gasteiger partial charge in [0.15, 0.2) is 0 Å². The minimum Gasteiger partial charge on any atom is -0.336 e. The van der Waals surface area contributed by atoms with Gasteiger partial charge in [0.25, 0.3) is 0 Å². The molecule has 21 heavy (non-hydrogen) atoms. The number of aromatic nitrogens is 3. The molecule has 0 spiro atoms. The molecule has 2 N–H and O–H groups in total. The number of thiophene rings is 1. The quantitative estimate of drug-likeness (QED) is 0.922. The molecular formula is C14H19N5OS. The smallest absolute Gasteiger partial charge is 0.244 e. The lowest BCUT2D eigenvalue weighted by molar-refractivity contribution is -0.133. The maximum absolute atomic E-state index is 12.4. The molecule has 7 heteroatoms. The molecule has 6 nitrogen and oxygen atoms in total. The summed E-state index contributed by atoms with van der Waals surface area (Å²) in [5.74, 6) is 0.0677. The number of carbonyl (C=O) groups excluding carboxylic acids is 1. The number of amides is 1. The second-order valence-corrected chi connectivity index (χ2v) is 6.96. The number of rotatable bonds is 3. The van der Waals surface area contributed by atoms with Gasteiger partial charge in [0, 0.05) is 18.0 Å². The number of fused-ring (bicyclic) bond motifs is 1. The van der Waals surface area contributed by atoms with Crippen LogP contribution in [0.5, 0.6) is 0 Å². The van der Waals surface area contributed by atoms with E-state index in [0.29, 0.717) is 12.2 Å². The van der Waals surface area contributed by atoms with Gasteiger partial charge in [-0.15, -0.1) is 16.4 Å². The van der Waals surface area contributed by atoms with Gasteiger partial charge in [-0.05, 0) is 37.3 Å². The maximum atomic E-state index is 12.4. The van der Waals surface area contributed by atoms with E-state index in [2.05, 4.69) is 21.8 Å². The number of carbonyl (C=O) groups is 1.